The number of nitrogens with two attached hydrogens (primary N) is 1. The standard InChI is InChI=1S/C17H19N3O/c1-2-14-9-10-17(21-14)16(20-18)11-13-8-7-12-5-3-4-6-15(12)19-13/h3-10,16,20H,2,11,18H2,1H3. The second-order valence-corrected chi connectivity index (χ2v) is 5.08. The molecule has 2 aromatic heterocycles. The first-order valence-electron chi connectivity index (χ1n) is 7.19. The Morgan fingerprint density at radius 1 is 1.14 bits per heavy atom. The molecule has 3 N–H and O–H groups in total. The van der Waals surface area contributed by atoms with Crippen molar-refractivity contribution < 1.29 is 4.42 Å². The van der Waals surface area contributed by atoms with Crippen molar-refractivity contribution in [3.8, 4) is 0 Å². The van der Waals surface area contributed by atoms with Crippen LogP contribution in [0.1, 0.15) is 30.2 Å². The number of hydrazine groups is 1. The topological polar surface area (TPSA) is 64.1 Å². The molecule has 108 valence electrons. The second-order valence-electron chi connectivity index (χ2n) is 5.08. The molecule has 4 heteroatoms. The van der Waals surface area contributed by atoms with E-state index in [4.69, 9.17) is 10.3 Å². The Morgan fingerprint density at radius 3 is 2.76 bits per heavy atom. The summed E-state index contributed by atoms with van der Waals surface area (Å²) in [5, 5.41) is 1.14. The number of fused-ring (bicyclic) bond motifs is 1. The van der Waals surface area contributed by atoms with E-state index in [1.54, 1.807) is 0 Å². The normalized spacial score (nSPS) is 12.7. The maximum absolute atomic E-state index is 5.78. The lowest BCUT2D eigenvalue weighted by Crippen LogP contribution is -2.29. The molecular weight excluding hydrogens is 262 g/mol. The summed E-state index contributed by atoms with van der Waals surface area (Å²) in [5.74, 6) is 7.50. The Labute approximate surface area is 124 Å². The Bertz CT molecular complexity index is 735. The molecule has 0 saturated carbocycles. The molecule has 0 aliphatic carbocycles. The predicted molar refractivity (Wildman–Crippen MR) is 83.6 cm³/mol. The van der Waals surface area contributed by atoms with Gasteiger partial charge in [0.1, 0.15) is 11.5 Å². The highest BCUT2D eigenvalue weighted by Gasteiger charge is 2.15. The monoisotopic (exact) mass is 281 g/mol. The fraction of sp³-hybridized carbons (Fsp3) is 0.235. The number of aromatic nitrogens is 1. The summed E-state index contributed by atoms with van der Waals surface area (Å²) in [6.07, 6.45) is 1.57. The quantitative estimate of drug-likeness (QED) is 0.557. The van der Waals surface area contributed by atoms with Crippen LogP contribution in [0.15, 0.2) is 52.9 Å². The number of benzene rings is 1. The van der Waals surface area contributed by atoms with E-state index in [0.717, 1.165) is 34.5 Å². The fourth-order valence-electron chi connectivity index (χ4n) is 2.44. The van der Waals surface area contributed by atoms with Gasteiger partial charge >= 0.3 is 0 Å². The van der Waals surface area contributed by atoms with Crippen LogP contribution in [-0.2, 0) is 12.8 Å². The van der Waals surface area contributed by atoms with Crippen molar-refractivity contribution in [1.82, 2.24) is 10.4 Å². The van der Waals surface area contributed by atoms with Gasteiger partial charge in [0.2, 0.25) is 0 Å². The molecule has 1 aromatic carbocycles. The van der Waals surface area contributed by atoms with Crippen molar-refractivity contribution in [1.29, 1.82) is 0 Å². The van der Waals surface area contributed by atoms with E-state index < -0.39 is 0 Å². The highest BCUT2D eigenvalue weighted by Crippen LogP contribution is 2.21. The summed E-state index contributed by atoms with van der Waals surface area (Å²) in [4.78, 5) is 4.68. The highest BCUT2D eigenvalue weighted by molar-refractivity contribution is 5.78. The summed E-state index contributed by atoms with van der Waals surface area (Å²) in [6, 6.07) is 16.1. The third-order valence-electron chi connectivity index (χ3n) is 3.64. The van der Waals surface area contributed by atoms with Crippen molar-refractivity contribution in [2.45, 2.75) is 25.8 Å². The molecule has 1 atom stereocenters. The lowest BCUT2D eigenvalue weighted by Gasteiger charge is -2.13. The largest absolute Gasteiger partial charge is 0.464 e. The van der Waals surface area contributed by atoms with Gasteiger partial charge in [-0.3, -0.25) is 10.8 Å². The third kappa shape index (κ3) is 2.96. The molecule has 3 aromatic rings. The van der Waals surface area contributed by atoms with E-state index in [1.165, 1.54) is 0 Å². The predicted octanol–water partition coefficient (Wildman–Crippen LogP) is 3.14. The van der Waals surface area contributed by atoms with Gasteiger partial charge in [-0.2, -0.15) is 0 Å². The number of rotatable bonds is 5. The number of hydrogen-bond acceptors (Lipinski definition) is 4. The maximum Gasteiger partial charge on any atom is 0.122 e. The van der Waals surface area contributed by atoms with Crippen molar-refractivity contribution >= 4 is 10.9 Å². The molecule has 0 aliphatic rings. The van der Waals surface area contributed by atoms with E-state index in [-0.39, 0.29) is 6.04 Å². The van der Waals surface area contributed by atoms with Crippen molar-refractivity contribution in [3.63, 3.8) is 0 Å². The van der Waals surface area contributed by atoms with Crippen LogP contribution in [0.2, 0.25) is 0 Å². The van der Waals surface area contributed by atoms with Crippen LogP contribution >= 0.6 is 0 Å². The zero-order chi connectivity index (χ0) is 14.7. The van der Waals surface area contributed by atoms with Gasteiger partial charge in [-0.15, -0.1) is 0 Å². The molecule has 2 heterocycles. The van der Waals surface area contributed by atoms with E-state index in [1.807, 2.05) is 36.4 Å². The SMILES string of the molecule is CCc1ccc(C(Cc2ccc3ccccc3n2)NN)o1. The Hall–Kier alpha value is -2.17. The van der Waals surface area contributed by atoms with E-state index in [2.05, 4.69) is 29.5 Å². The van der Waals surface area contributed by atoms with Gasteiger partial charge < -0.3 is 4.42 Å². The summed E-state index contributed by atoms with van der Waals surface area (Å²) < 4.78 is 5.78. The first kappa shape index (κ1) is 13.8. The Balaban J connectivity index is 1.84. The lowest BCUT2D eigenvalue weighted by molar-refractivity contribution is 0.395. The second kappa shape index (κ2) is 6.08. The minimum Gasteiger partial charge on any atom is -0.464 e. The number of nitrogens with one attached hydrogen (secondary N) is 1. The molecule has 0 amide bonds. The molecule has 3 rings (SSSR count). The molecular formula is C17H19N3O. The number of hydrogen-bond donors (Lipinski definition) is 2. The van der Waals surface area contributed by atoms with E-state index in [9.17, 15) is 0 Å². The number of furan rings is 1. The van der Waals surface area contributed by atoms with Crippen LogP contribution in [0, 0.1) is 0 Å². The van der Waals surface area contributed by atoms with Crippen LogP contribution < -0.4 is 11.3 Å². The van der Waals surface area contributed by atoms with Gasteiger partial charge in [-0.25, -0.2) is 5.43 Å². The highest BCUT2D eigenvalue weighted by atomic mass is 16.3. The van der Waals surface area contributed by atoms with Gasteiger partial charge in [0.05, 0.1) is 11.6 Å². The number of nitrogens with zero attached hydrogens (tertiary/aromatic N) is 1. The Morgan fingerprint density at radius 2 is 2.00 bits per heavy atom. The van der Waals surface area contributed by atoms with Crippen molar-refractivity contribution in [3.05, 3.63) is 65.7 Å². The molecule has 4 nitrogen and oxygen atoms in total. The minimum absolute atomic E-state index is 0.0704. The minimum atomic E-state index is -0.0704. The summed E-state index contributed by atoms with van der Waals surface area (Å²) >= 11 is 0. The average molecular weight is 281 g/mol. The van der Waals surface area contributed by atoms with Crippen LogP contribution in [0.3, 0.4) is 0 Å². The fourth-order valence-corrected chi connectivity index (χ4v) is 2.44. The first-order valence-corrected chi connectivity index (χ1v) is 7.19. The van der Waals surface area contributed by atoms with Crippen LogP contribution in [0.4, 0.5) is 0 Å². The van der Waals surface area contributed by atoms with E-state index >= 15 is 0 Å². The zero-order valence-electron chi connectivity index (χ0n) is 12.0. The maximum atomic E-state index is 5.78. The van der Waals surface area contributed by atoms with Gasteiger partial charge in [0.25, 0.3) is 0 Å². The molecule has 21 heavy (non-hydrogen) atoms. The Kier molecular flexibility index (Phi) is 3.99. The molecule has 0 saturated heterocycles. The molecule has 1 unspecified atom stereocenters. The van der Waals surface area contributed by atoms with Gasteiger partial charge in [-0.05, 0) is 24.3 Å². The van der Waals surface area contributed by atoms with Crippen molar-refractivity contribution in [2.24, 2.45) is 5.84 Å². The van der Waals surface area contributed by atoms with Gasteiger partial charge in [0, 0.05) is 23.9 Å². The summed E-state index contributed by atoms with van der Waals surface area (Å²) in [7, 11) is 0. The van der Waals surface area contributed by atoms with Crippen LogP contribution in [-0.4, -0.2) is 4.98 Å². The van der Waals surface area contributed by atoms with Crippen LogP contribution in [0.5, 0.6) is 0 Å². The first-order chi connectivity index (χ1) is 10.3. The van der Waals surface area contributed by atoms with Gasteiger partial charge in [-0.1, -0.05) is 31.2 Å². The zero-order valence-corrected chi connectivity index (χ0v) is 12.0. The number of aryl methyl sites for hydroxylation is 1. The third-order valence-corrected chi connectivity index (χ3v) is 3.64. The summed E-state index contributed by atoms with van der Waals surface area (Å²) in [5.41, 5.74) is 4.81. The van der Waals surface area contributed by atoms with Gasteiger partial charge in [0.15, 0.2) is 0 Å². The average Bonchev–Trinajstić information content (AvgIpc) is 3.01. The summed E-state index contributed by atoms with van der Waals surface area (Å²) in [6.45, 7) is 2.07. The molecule has 0 radical (unpaired) electrons. The molecule has 0 fully saturated rings. The smallest absolute Gasteiger partial charge is 0.122 e. The lowest BCUT2D eigenvalue weighted by atomic mass is 10.1. The molecule has 0 aliphatic heterocycles. The number of pyridine rings is 1. The van der Waals surface area contributed by atoms with Crippen LogP contribution in [0.25, 0.3) is 10.9 Å². The molecule has 0 spiro atoms. The van der Waals surface area contributed by atoms with E-state index in [0.29, 0.717) is 6.42 Å². The van der Waals surface area contributed by atoms with Crippen molar-refractivity contribution in [2.75, 3.05) is 0 Å². The molecule has 0 bridgehead atoms. The number of para-hydroxylation sites is 1.